The molecule has 1 saturated carbocycles. The summed E-state index contributed by atoms with van der Waals surface area (Å²) in [6.45, 7) is 1.19. The Morgan fingerprint density at radius 2 is 2.36 bits per heavy atom. The number of anilines is 1. The van der Waals surface area contributed by atoms with E-state index < -0.39 is 0 Å². The largest absolute Gasteiger partial charge is 0.479 e. The molecule has 114 valence electrons. The van der Waals surface area contributed by atoms with E-state index in [1.54, 1.807) is 13.3 Å². The van der Waals surface area contributed by atoms with Crippen molar-refractivity contribution in [2.24, 2.45) is 5.92 Å². The standard InChI is InChI=1S/C15H15N3O3S/c1-20-14-11-12(10(6-16-14)9-4-5-21-7-9)22-15(17-11)18-13(19)8-2-3-8/h4,6,8H,2-3,5,7H2,1H3,(H,17,18,19). The summed E-state index contributed by atoms with van der Waals surface area (Å²) < 4.78 is 11.7. The summed E-state index contributed by atoms with van der Waals surface area (Å²) in [7, 11) is 1.57. The summed E-state index contributed by atoms with van der Waals surface area (Å²) in [4.78, 5) is 20.7. The van der Waals surface area contributed by atoms with E-state index >= 15 is 0 Å². The van der Waals surface area contributed by atoms with E-state index in [1.807, 2.05) is 6.08 Å². The molecule has 0 radical (unpaired) electrons. The Hall–Kier alpha value is -1.99. The van der Waals surface area contributed by atoms with Crippen LogP contribution in [0, 0.1) is 5.92 Å². The predicted octanol–water partition coefficient (Wildman–Crippen LogP) is 2.46. The lowest BCUT2D eigenvalue weighted by molar-refractivity contribution is -0.117. The second-order valence-corrected chi connectivity index (χ2v) is 6.38. The van der Waals surface area contributed by atoms with Gasteiger partial charge in [-0.15, -0.1) is 0 Å². The second kappa shape index (κ2) is 5.33. The van der Waals surface area contributed by atoms with Crippen molar-refractivity contribution in [2.45, 2.75) is 12.8 Å². The maximum Gasteiger partial charge on any atom is 0.241 e. The summed E-state index contributed by atoms with van der Waals surface area (Å²) in [5, 5.41) is 3.49. The second-order valence-electron chi connectivity index (χ2n) is 5.39. The van der Waals surface area contributed by atoms with Crippen LogP contribution >= 0.6 is 11.3 Å². The minimum atomic E-state index is 0.0518. The van der Waals surface area contributed by atoms with Crippen molar-refractivity contribution >= 4 is 38.2 Å². The van der Waals surface area contributed by atoms with Crippen molar-refractivity contribution in [1.29, 1.82) is 0 Å². The molecule has 1 fully saturated rings. The van der Waals surface area contributed by atoms with Gasteiger partial charge >= 0.3 is 0 Å². The van der Waals surface area contributed by atoms with Gasteiger partial charge in [0, 0.05) is 17.7 Å². The first-order valence-electron chi connectivity index (χ1n) is 7.18. The van der Waals surface area contributed by atoms with Crippen molar-refractivity contribution < 1.29 is 14.3 Å². The molecule has 22 heavy (non-hydrogen) atoms. The molecule has 2 aromatic rings. The lowest BCUT2D eigenvalue weighted by atomic mass is 10.1. The smallest absolute Gasteiger partial charge is 0.241 e. The number of amides is 1. The van der Waals surface area contributed by atoms with Crippen molar-refractivity contribution in [1.82, 2.24) is 9.97 Å². The number of rotatable bonds is 4. The Bertz CT molecular complexity index is 780. The maximum absolute atomic E-state index is 11.9. The van der Waals surface area contributed by atoms with Crippen molar-refractivity contribution in [3.8, 4) is 5.88 Å². The van der Waals surface area contributed by atoms with E-state index in [1.165, 1.54) is 11.3 Å². The van der Waals surface area contributed by atoms with Crippen LogP contribution in [0.5, 0.6) is 5.88 Å². The fraction of sp³-hybridized carbons (Fsp3) is 0.400. The molecular weight excluding hydrogens is 302 g/mol. The van der Waals surface area contributed by atoms with Crippen LogP contribution in [0.25, 0.3) is 15.8 Å². The molecule has 2 aliphatic rings. The van der Waals surface area contributed by atoms with Crippen LogP contribution < -0.4 is 10.1 Å². The molecule has 1 amide bonds. The molecule has 4 rings (SSSR count). The third kappa shape index (κ3) is 2.36. The van der Waals surface area contributed by atoms with Crippen LogP contribution in [0.3, 0.4) is 0 Å². The molecule has 0 saturated heterocycles. The molecule has 0 atom stereocenters. The Morgan fingerprint density at radius 1 is 1.50 bits per heavy atom. The highest BCUT2D eigenvalue weighted by Crippen LogP contribution is 2.38. The van der Waals surface area contributed by atoms with E-state index in [0.717, 1.165) is 28.7 Å². The summed E-state index contributed by atoms with van der Waals surface area (Å²) in [5.74, 6) is 0.676. The summed E-state index contributed by atoms with van der Waals surface area (Å²) in [5.41, 5.74) is 2.78. The zero-order valence-electron chi connectivity index (χ0n) is 12.1. The number of hydrogen-bond donors (Lipinski definition) is 1. The highest BCUT2D eigenvalue weighted by molar-refractivity contribution is 7.22. The first-order valence-corrected chi connectivity index (χ1v) is 7.99. The van der Waals surface area contributed by atoms with E-state index in [2.05, 4.69) is 15.3 Å². The van der Waals surface area contributed by atoms with Gasteiger partial charge < -0.3 is 14.8 Å². The first-order chi connectivity index (χ1) is 10.8. The Balaban J connectivity index is 1.77. The Labute approximate surface area is 131 Å². The molecule has 0 bridgehead atoms. The summed E-state index contributed by atoms with van der Waals surface area (Å²) in [6.07, 6.45) is 5.77. The molecule has 6 nitrogen and oxygen atoms in total. The third-order valence-electron chi connectivity index (χ3n) is 3.81. The minimum Gasteiger partial charge on any atom is -0.479 e. The SMILES string of the molecule is COc1ncc(C2=CCOC2)c2sc(NC(=O)C3CC3)nc12. The average molecular weight is 317 g/mol. The molecule has 1 N–H and O–H groups in total. The zero-order valence-corrected chi connectivity index (χ0v) is 12.9. The number of methoxy groups -OCH3 is 1. The van der Waals surface area contributed by atoms with Gasteiger partial charge in [0.25, 0.3) is 0 Å². The van der Waals surface area contributed by atoms with Gasteiger partial charge in [-0.25, -0.2) is 9.97 Å². The van der Waals surface area contributed by atoms with E-state index in [-0.39, 0.29) is 11.8 Å². The zero-order chi connectivity index (χ0) is 15.1. The molecule has 1 aliphatic carbocycles. The number of thiazole rings is 1. The minimum absolute atomic E-state index is 0.0518. The van der Waals surface area contributed by atoms with Gasteiger partial charge in [0.1, 0.15) is 5.52 Å². The lowest BCUT2D eigenvalue weighted by Gasteiger charge is -2.04. The number of fused-ring (bicyclic) bond motifs is 1. The van der Waals surface area contributed by atoms with Crippen LogP contribution in [0.4, 0.5) is 5.13 Å². The van der Waals surface area contributed by atoms with Gasteiger partial charge in [0.05, 0.1) is 25.0 Å². The summed E-state index contributed by atoms with van der Waals surface area (Å²) >= 11 is 1.45. The van der Waals surface area contributed by atoms with Gasteiger partial charge in [-0.3, -0.25) is 4.79 Å². The molecule has 1 aliphatic heterocycles. The van der Waals surface area contributed by atoms with Crippen LogP contribution in [-0.4, -0.2) is 36.2 Å². The van der Waals surface area contributed by atoms with Gasteiger partial charge in [0.15, 0.2) is 5.13 Å². The van der Waals surface area contributed by atoms with Gasteiger partial charge in [0.2, 0.25) is 11.8 Å². The number of carbonyl (C=O) groups is 1. The maximum atomic E-state index is 11.9. The van der Waals surface area contributed by atoms with Gasteiger partial charge in [-0.2, -0.15) is 0 Å². The van der Waals surface area contributed by atoms with Crippen molar-refractivity contribution in [2.75, 3.05) is 25.6 Å². The van der Waals surface area contributed by atoms with Crippen molar-refractivity contribution in [3.05, 3.63) is 17.8 Å². The molecule has 0 aromatic carbocycles. The van der Waals surface area contributed by atoms with E-state index in [4.69, 9.17) is 9.47 Å². The number of nitrogens with one attached hydrogen (secondary N) is 1. The third-order valence-corrected chi connectivity index (χ3v) is 4.81. The van der Waals surface area contributed by atoms with E-state index in [9.17, 15) is 4.79 Å². The number of pyridine rings is 1. The van der Waals surface area contributed by atoms with Crippen molar-refractivity contribution in [3.63, 3.8) is 0 Å². The fourth-order valence-corrected chi connectivity index (χ4v) is 3.46. The molecule has 7 heteroatoms. The van der Waals surface area contributed by atoms with Gasteiger partial charge in [-0.05, 0) is 18.4 Å². The monoisotopic (exact) mass is 317 g/mol. The quantitative estimate of drug-likeness (QED) is 0.937. The lowest BCUT2D eigenvalue weighted by Crippen LogP contribution is -2.12. The van der Waals surface area contributed by atoms with Crippen LogP contribution in [0.1, 0.15) is 18.4 Å². The van der Waals surface area contributed by atoms with Gasteiger partial charge in [-0.1, -0.05) is 17.4 Å². The first kappa shape index (κ1) is 13.7. The molecule has 2 aromatic heterocycles. The highest BCUT2D eigenvalue weighted by atomic mass is 32.1. The topological polar surface area (TPSA) is 73.3 Å². The number of carbonyl (C=O) groups excluding carboxylic acids is 1. The van der Waals surface area contributed by atoms with E-state index in [0.29, 0.717) is 29.7 Å². The number of aromatic nitrogens is 2. The van der Waals surface area contributed by atoms with Crippen LogP contribution in [-0.2, 0) is 9.53 Å². The number of nitrogens with zero attached hydrogens (tertiary/aromatic N) is 2. The number of ether oxygens (including phenoxy) is 2. The molecule has 0 spiro atoms. The average Bonchev–Trinajstić information content (AvgIpc) is 3.07. The predicted molar refractivity (Wildman–Crippen MR) is 84.1 cm³/mol. The number of hydrogen-bond acceptors (Lipinski definition) is 6. The Morgan fingerprint density at radius 3 is 3.05 bits per heavy atom. The molecule has 3 heterocycles. The molecule has 0 unspecified atom stereocenters. The highest BCUT2D eigenvalue weighted by Gasteiger charge is 2.30. The van der Waals surface area contributed by atoms with Crippen LogP contribution in [0.15, 0.2) is 12.3 Å². The normalized spacial score (nSPS) is 17.6. The van der Waals surface area contributed by atoms with Crippen LogP contribution in [0.2, 0.25) is 0 Å². The fourth-order valence-electron chi connectivity index (χ4n) is 2.45. The molecular formula is C15H15N3O3S. The Kier molecular flexibility index (Phi) is 3.31. The summed E-state index contributed by atoms with van der Waals surface area (Å²) in [6, 6.07) is 0.